The Balaban J connectivity index is 1.72. The van der Waals surface area contributed by atoms with Gasteiger partial charge >= 0.3 is 6.18 Å². The van der Waals surface area contributed by atoms with Crippen molar-refractivity contribution in [2.75, 3.05) is 12.4 Å². The first kappa shape index (κ1) is 20.3. The van der Waals surface area contributed by atoms with E-state index < -0.39 is 17.9 Å². The zero-order valence-electron chi connectivity index (χ0n) is 16.3. The summed E-state index contributed by atoms with van der Waals surface area (Å²) < 4.78 is 46.8. The molecule has 3 heterocycles. The summed E-state index contributed by atoms with van der Waals surface area (Å²) in [5.74, 6) is -1.27. The molecule has 0 unspecified atom stereocenters. The number of nitrogens with zero attached hydrogens (tertiary/aromatic N) is 5. The number of alkyl halides is 3. The number of anilines is 1. The van der Waals surface area contributed by atoms with Crippen LogP contribution in [-0.2, 0) is 6.18 Å². The standard InChI is InChI=1S/C20H15F3N6O2/c1-11-13(4-3-7-24-11)18(30)28-16-9-26-17(10-25-16)29-15-8-12(31-2)5-6-14(15)27-19(29)20(21,22)23/h3-10H,1-2H3,(H,25,28,30). The average molecular weight is 428 g/mol. The molecule has 1 aromatic carbocycles. The second-order valence-corrected chi connectivity index (χ2v) is 6.47. The Kier molecular flexibility index (Phi) is 5.01. The molecule has 1 N–H and O–H groups in total. The van der Waals surface area contributed by atoms with E-state index in [2.05, 4.69) is 25.3 Å². The molecule has 1 amide bonds. The number of fused-ring (bicyclic) bond motifs is 1. The first-order valence-electron chi connectivity index (χ1n) is 8.97. The zero-order valence-corrected chi connectivity index (χ0v) is 16.3. The molecule has 0 aliphatic heterocycles. The van der Waals surface area contributed by atoms with Crippen LogP contribution in [0.1, 0.15) is 21.9 Å². The Labute approximate surface area is 173 Å². The number of aromatic nitrogens is 5. The van der Waals surface area contributed by atoms with Gasteiger partial charge in [0.2, 0.25) is 5.82 Å². The second-order valence-electron chi connectivity index (χ2n) is 6.47. The van der Waals surface area contributed by atoms with E-state index in [0.29, 0.717) is 17.0 Å². The maximum Gasteiger partial charge on any atom is 0.450 e. The molecule has 31 heavy (non-hydrogen) atoms. The minimum absolute atomic E-state index is 0.0764. The Bertz CT molecular complexity index is 1270. The van der Waals surface area contributed by atoms with Gasteiger partial charge in [-0.1, -0.05) is 0 Å². The largest absolute Gasteiger partial charge is 0.497 e. The molecule has 0 saturated heterocycles. The normalized spacial score (nSPS) is 11.5. The molecule has 4 aromatic rings. The molecule has 0 spiro atoms. The molecule has 0 fully saturated rings. The number of carbonyl (C=O) groups is 1. The lowest BCUT2D eigenvalue weighted by molar-refractivity contribution is -0.145. The molecule has 11 heteroatoms. The van der Waals surface area contributed by atoms with Gasteiger partial charge in [0.25, 0.3) is 5.91 Å². The molecule has 3 aromatic heterocycles. The molecular formula is C20H15F3N6O2. The predicted molar refractivity (Wildman–Crippen MR) is 105 cm³/mol. The third kappa shape index (κ3) is 3.89. The molecule has 0 saturated carbocycles. The van der Waals surface area contributed by atoms with Gasteiger partial charge < -0.3 is 10.1 Å². The summed E-state index contributed by atoms with van der Waals surface area (Å²) >= 11 is 0. The Morgan fingerprint density at radius 3 is 2.58 bits per heavy atom. The number of aryl methyl sites for hydroxylation is 1. The predicted octanol–water partition coefficient (Wildman–Crippen LogP) is 3.80. The molecule has 8 nitrogen and oxygen atoms in total. The van der Waals surface area contributed by atoms with E-state index in [1.165, 1.54) is 31.5 Å². The average Bonchev–Trinajstić information content (AvgIpc) is 3.14. The third-order valence-corrected chi connectivity index (χ3v) is 4.48. The third-order valence-electron chi connectivity index (χ3n) is 4.48. The monoisotopic (exact) mass is 428 g/mol. The van der Waals surface area contributed by atoms with Crippen molar-refractivity contribution in [1.82, 2.24) is 24.5 Å². The fraction of sp³-hybridized carbons (Fsp3) is 0.150. The summed E-state index contributed by atoms with van der Waals surface area (Å²) in [6.45, 7) is 1.68. The van der Waals surface area contributed by atoms with Crippen molar-refractivity contribution in [3.8, 4) is 11.6 Å². The minimum Gasteiger partial charge on any atom is -0.497 e. The van der Waals surface area contributed by atoms with Crippen LogP contribution in [0.5, 0.6) is 5.75 Å². The Morgan fingerprint density at radius 1 is 1.13 bits per heavy atom. The van der Waals surface area contributed by atoms with Crippen molar-refractivity contribution in [2.45, 2.75) is 13.1 Å². The van der Waals surface area contributed by atoms with Crippen molar-refractivity contribution in [3.05, 3.63) is 66.0 Å². The lowest BCUT2D eigenvalue weighted by Crippen LogP contribution is -2.17. The van der Waals surface area contributed by atoms with Gasteiger partial charge in [0.05, 0.1) is 36.1 Å². The van der Waals surface area contributed by atoms with E-state index in [-0.39, 0.29) is 22.7 Å². The second kappa shape index (κ2) is 7.67. The number of rotatable bonds is 4. The summed E-state index contributed by atoms with van der Waals surface area (Å²) in [6.07, 6.45) is -0.866. The number of hydrogen-bond acceptors (Lipinski definition) is 6. The molecule has 0 radical (unpaired) electrons. The van der Waals surface area contributed by atoms with Crippen LogP contribution in [-0.4, -0.2) is 37.5 Å². The topological polar surface area (TPSA) is 94.8 Å². The zero-order chi connectivity index (χ0) is 22.2. The van der Waals surface area contributed by atoms with Crippen molar-refractivity contribution in [1.29, 1.82) is 0 Å². The SMILES string of the molecule is COc1ccc2nc(C(F)(F)F)n(-c3cnc(NC(=O)c4cccnc4C)cn3)c2c1. The van der Waals surface area contributed by atoms with Gasteiger partial charge in [-0.05, 0) is 31.2 Å². The number of carbonyl (C=O) groups excluding carboxylic acids is 1. The van der Waals surface area contributed by atoms with Crippen molar-refractivity contribution >= 4 is 22.8 Å². The van der Waals surface area contributed by atoms with E-state index in [0.717, 1.165) is 10.8 Å². The van der Waals surface area contributed by atoms with Crippen LogP contribution in [0.15, 0.2) is 48.9 Å². The fourth-order valence-electron chi connectivity index (χ4n) is 3.01. The summed E-state index contributed by atoms with van der Waals surface area (Å²) in [4.78, 5) is 28.2. The number of imidazole rings is 1. The number of ether oxygens (including phenoxy) is 1. The highest BCUT2D eigenvalue weighted by Gasteiger charge is 2.38. The van der Waals surface area contributed by atoms with Gasteiger partial charge in [0.15, 0.2) is 11.6 Å². The number of benzene rings is 1. The highest BCUT2D eigenvalue weighted by Crippen LogP contribution is 2.34. The highest BCUT2D eigenvalue weighted by atomic mass is 19.4. The molecule has 158 valence electrons. The molecule has 0 bridgehead atoms. The Hall–Kier alpha value is -4.02. The number of amides is 1. The quantitative estimate of drug-likeness (QED) is 0.531. The van der Waals surface area contributed by atoms with E-state index in [4.69, 9.17) is 4.74 Å². The summed E-state index contributed by atoms with van der Waals surface area (Å²) in [5, 5.41) is 2.55. The van der Waals surface area contributed by atoms with Crippen molar-refractivity contribution in [3.63, 3.8) is 0 Å². The number of hydrogen-bond donors (Lipinski definition) is 1. The van der Waals surface area contributed by atoms with Gasteiger partial charge in [-0.2, -0.15) is 13.2 Å². The minimum atomic E-state index is -4.72. The molecule has 4 rings (SSSR count). The number of pyridine rings is 1. The van der Waals surface area contributed by atoms with Crippen LogP contribution in [0.3, 0.4) is 0 Å². The molecule has 0 aliphatic rings. The van der Waals surface area contributed by atoms with E-state index in [9.17, 15) is 18.0 Å². The molecule has 0 atom stereocenters. The van der Waals surface area contributed by atoms with Crippen LogP contribution >= 0.6 is 0 Å². The summed E-state index contributed by atoms with van der Waals surface area (Å²) in [7, 11) is 1.41. The smallest absolute Gasteiger partial charge is 0.450 e. The first-order chi connectivity index (χ1) is 14.8. The van der Waals surface area contributed by atoms with E-state index in [1.54, 1.807) is 25.3 Å². The maximum absolute atomic E-state index is 13.6. The fourth-order valence-corrected chi connectivity index (χ4v) is 3.01. The highest BCUT2D eigenvalue weighted by molar-refractivity contribution is 6.04. The molecule has 0 aliphatic carbocycles. The van der Waals surface area contributed by atoms with Gasteiger partial charge in [-0.15, -0.1) is 0 Å². The lowest BCUT2D eigenvalue weighted by atomic mass is 10.2. The maximum atomic E-state index is 13.6. The molecular weight excluding hydrogens is 413 g/mol. The number of methoxy groups -OCH3 is 1. The summed E-state index contributed by atoms with van der Waals surface area (Å²) in [6, 6.07) is 7.59. The van der Waals surface area contributed by atoms with Crippen LogP contribution in [0, 0.1) is 6.92 Å². The van der Waals surface area contributed by atoms with Gasteiger partial charge in [0.1, 0.15) is 5.75 Å². The van der Waals surface area contributed by atoms with Gasteiger partial charge in [-0.3, -0.25) is 14.3 Å². The van der Waals surface area contributed by atoms with Gasteiger partial charge in [-0.25, -0.2) is 15.0 Å². The number of halogens is 3. The lowest BCUT2D eigenvalue weighted by Gasteiger charge is -2.11. The van der Waals surface area contributed by atoms with E-state index >= 15 is 0 Å². The van der Waals surface area contributed by atoms with Crippen LogP contribution in [0.25, 0.3) is 16.9 Å². The first-order valence-corrected chi connectivity index (χ1v) is 8.97. The van der Waals surface area contributed by atoms with Crippen LogP contribution < -0.4 is 10.1 Å². The Morgan fingerprint density at radius 2 is 1.94 bits per heavy atom. The van der Waals surface area contributed by atoms with E-state index in [1.807, 2.05) is 0 Å². The van der Waals surface area contributed by atoms with Crippen molar-refractivity contribution < 1.29 is 22.7 Å². The van der Waals surface area contributed by atoms with Crippen LogP contribution in [0.2, 0.25) is 0 Å². The van der Waals surface area contributed by atoms with Crippen LogP contribution in [0.4, 0.5) is 19.0 Å². The van der Waals surface area contributed by atoms with Crippen molar-refractivity contribution in [2.24, 2.45) is 0 Å². The number of nitrogens with one attached hydrogen (secondary N) is 1. The van der Waals surface area contributed by atoms with Gasteiger partial charge in [0, 0.05) is 18.0 Å². The summed E-state index contributed by atoms with van der Waals surface area (Å²) in [5.41, 5.74) is 1.15.